The zero-order valence-corrected chi connectivity index (χ0v) is 20.6. The average Bonchev–Trinajstić information content (AvgIpc) is 3.58. The van der Waals surface area contributed by atoms with E-state index in [2.05, 4.69) is 15.4 Å². The molecule has 0 radical (unpaired) electrons. The van der Waals surface area contributed by atoms with Crippen LogP contribution in [0.5, 0.6) is 0 Å². The third-order valence-electron chi connectivity index (χ3n) is 6.26. The van der Waals surface area contributed by atoms with Gasteiger partial charge in [-0.15, -0.1) is 0 Å². The minimum atomic E-state index is -0.603. The molecule has 35 heavy (non-hydrogen) atoms. The molecule has 1 aromatic carbocycles. The van der Waals surface area contributed by atoms with E-state index in [9.17, 15) is 9.59 Å². The van der Waals surface area contributed by atoms with E-state index in [1.165, 1.54) is 7.11 Å². The summed E-state index contributed by atoms with van der Waals surface area (Å²) >= 11 is 6.00. The second kappa shape index (κ2) is 8.85. The zero-order chi connectivity index (χ0) is 24.9. The van der Waals surface area contributed by atoms with E-state index in [-0.39, 0.29) is 22.3 Å². The van der Waals surface area contributed by atoms with Crippen molar-refractivity contribution in [3.8, 4) is 11.3 Å². The molecule has 1 atom stereocenters. The topological polar surface area (TPSA) is 99.2 Å². The van der Waals surface area contributed by atoms with Crippen molar-refractivity contribution in [3.05, 3.63) is 74.4 Å². The van der Waals surface area contributed by atoms with Crippen LogP contribution in [0.2, 0.25) is 5.15 Å². The Labute approximate surface area is 206 Å². The van der Waals surface area contributed by atoms with E-state index in [1.54, 1.807) is 25.3 Å². The van der Waals surface area contributed by atoms with Crippen LogP contribution in [-0.4, -0.2) is 27.8 Å². The summed E-state index contributed by atoms with van der Waals surface area (Å²) in [7, 11) is 1.29. The highest BCUT2D eigenvalue weighted by Gasteiger charge is 2.26. The number of nitrogens with one attached hydrogen (secondary N) is 1. The Kier molecular flexibility index (Phi) is 5.84. The van der Waals surface area contributed by atoms with Crippen molar-refractivity contribution < 1.29 is 13.9 Å². The van der Waals surface area contributed by atoms with Gasteiger partial charge in [0.1, 0.15) is 16.5 Å². The van der Waals surface area contributed by atoms with Gasteiger partial charge < -0.3 is 14.5 Å². The van der Waals surface area contributed by atoms with Gasteiger partial charge in [-0.05, 0) is 57.4 Å². The Hall–Kier alpha value is -3.65. The highest BCUT2D eigenvalue weighted by Crippen LogP contribution is 2.37. The van der Waals surface area contributed by atoms with Gasteiger partial charge in [-0.25, -0.2) is 9.78 Å². The molecule has 1 fully saturated rings. The molecule has 5 rings (SSSR count). The van der Waals surface area contributed by atoms with Crippen molar-refractivity contribution >= 4 is 34.2 Å². The van der Waals surface area contributed by atoms with E-state index in [0.717, 1.165) is 29.5 Å². The minimum absolute atomic E-state index is 0.0780. The van der Waals surface area contributed by atoms with Gasteiger partial charge in [0.15, 0.2) is 11.1 Å². The SMILES string of the molecule is COC(=O)c1nc(Cl)ccc1NC(C)c1cc(C)cc2c(=O)c(C)c(-c3cnn(C4CC4)c3)oc12. The Bertz CT molecular complexity index is 1520. The summed E-state index contributed by atoms with van der Waals surface area (Å²) in [4.78, 5) is 29.8. The maximum absolute atomic E-state index is 13.4. The van der Waals surface area contributed by atoms with Crippen LogP contribution < -0.4 is 10.7 Å². The fourth-order valence-corrected chi connectivity index (χ4v) is 4.42. The zero-order valence-electron chi connectivity index (χ0n) is 19.9. The first kappa shape index (κ1) is 23.1. The standard InChI is InChI=1S/C26H25ClN4O4/c1-13-9-18(15(3)29-20-7-8-21(27)30-22(20)26(33)34-4)25-19(10-13)23(32)14(2)24(35-25)16-11-28-31(12-16)17-5-6-17/h7-12,15,17,29H,5-6H2,1-4H3. The second-order valence-corrected chi connectivity index (χ2v) is 9.33. The molecule has 0 amide bonds. The number of rotatable bonds is 6. The minimum Gasteiger partial charge on any atom is -0.464 e. The van der Waals surface area contributed by atoms with Crippen LogP contribution in [0.4, 0.5) is 5.69 Å². The van der Waals surface area contributed by atoms with E-state index in [1.807, 2.05) is 36.9 Å². The Morgan fingerprint density at radius 2 is 2.06 bits per heavy atom. The number of nitrogens with zero attached hydrogens (tertiary/aromatic N) is 3. The average molecular weight is 493 g/mol. The number of ether oxygens (including phenoxy) is 1. The first-order valence-electron chi connectivity index (χ1n) is 11.4. The summed E-state index contributed by atoms with van der Waals surface area (Å²) in [6.45, 7) is 5.64. The third kappa shape index (κ3) is 4.30. The summed E-state index contributed by atoms with van der Waals surface area (Å²) < 4.78 is 13.2. The van der Waals surface area contributed by atoms with Crippen molar-refractivity contribution in [1.29, 1.82) is 0 Å². The number of esters is 1. The first-order chi connectivity index (χ1) is 16.8. The van der Waals surface area contributed by atoms with Gasteiger partial charge in [0.05, 0.1) is 42.0 Å². The molecule has 180 valence electrons. The van der Waals surface area contributed by atoms with Crippen LogP contribution in [0.1, 0.15) is 59.0 Å². The van der Waals surface area contributed by atoms with Crippen LogP contribution >= 0.6 is 11.6 Å². The van der Waals surface area contributed by atoms with Gasteiger partial charge in [-0.1, -0.05) is 17.7 Å². The molecule has 1 N–H and O–H groups in total. The normalized spacial score (nSPS) is 14.2. The maximum atomic E-state index is 13.4. The number of halogens is 1. The van der Waals surface area contributed by atoms with E-state index in [0.29, 0.717) is 34.0 Å². The number of pyridine rings is 1. The highest BCUT2D eigenvalue weighted by molar-refractivity contribution is 6.29. The molecular weight excluding hydrogens is 468 g/mol. The second-order valence-electron chi connectivity index (χ2n) is 8.94. The number of benzene rings is 1. The quantitative estimate of drug-likeness (QED) is 0.275. The molecule has 8 nitrogen and oxygen atoms in total. The lowest BCUT2D eigenvalue weighted by Crippen LogP contribution is -2.15. The van der Waals surface area contributed by atoms with Crippen LogP contribution in [0, 0.1) is 13.8 Å². The van der Waals surface area contributed by atoms with Gasteiger partial charge in [0.2, 0.25) is 0 Å². The molecule has 0 saturated heterocycles. The number of aryl methyl sites for hydroxylation is 1. The molecule has 3 heterocycles. The maximum Gasteiger partial charge on any atom is 0.358 e. The van der Waals surface area contributed by atoms with E-state index >= 15 is 0 Å². The molecule has 0 bridgehead atoms. The van der Waals surface area contributed by atoms with Gasteiger partial charge in [-0.2, -0.15) is 5.10 Å². The van der Waals surface area contributed by atoms with Crippen molar-refractivity contribution in [1.82, 2.24) is 14.8 Å². The molecule has 9 heteroatoms. The number of fused-ring (bicyclic) bond motifs is 1. The van der Waals surface area contributed by atoms with Gasteiger partial charge >= 0.3 is 5.97 Å². The monoisotopic (exact) mass is 492 g/mol. The van der Waals surface area contributed by atoms with Gasteiger partial charge in [-0.3, -0.25) is 9.48 Å². The van der Waals surface area contributed by atoms with Crippen LogP contribution in [0.15, 0.2) is 45.9 Å². The molecule has 1 saturated carbocycles. The molecule has 1 unspecified atom stereocenters. The van der Waals surface area contributed by atoms with Crippen LogP contribution in [0.25, 0.3) is 22.3 Å². The summed E-state index contributed by atoms with van der Waals surface area (Å²) in [5.41, 5.74) is 3.96. The van der Waals surface area contributed by atoms with E-state index in [4.69, 9.17) is 20.8 Å². The Balaban J connectivity index is 1.61. The van der Waals surface area contributed by atoms with Crippen LogP contribution in [-0.2, 0) is 4.74 Å². The largest absolute Gasteiger partial charge is 0.464 e. The van der Waals surface area contributed by atoms with Gasteiger partial charge in [0, 0.05) is 17.3 Å². The fourth-order valence-electron chi connectivity index (χ4n) is 4.27. The van der Waals surface area contributed by atoms with Crippen molar-refractivity contribution in [2.75, 3.05) is 12.4 Å². The lowest BCUT2D eigenvalue weighted by molar-refractivity contribution is 0.0595. The molecule has 4 aromatic rings. The smallest absolute Gasteiger partial charge is 0.358 e. The fraction of sp³-hybridized carbons (Fsp3) is 0.308. The molecule has 0 aliphatic heterocycles. The highest BCUT2D eigenvalue weighted by atomic mass is 35.5. The van der Waals surface area contributed by atoms with Crippen molar-refractivity contribution in [2.45, 2.75) is 45.7 Å². The Morgan fingerprint density at radius 1 is 1.29 bits per heavy atom. The number of hydrogen-bond donors (Lipinski definition) is 1. The number of carbonyl (C=O) groups excluding carboxylic acids is 1. The van der Waals surface area contributed by atoms with Gasteiger partial charge in [0.25, 0.3) is 0 Å². The molecule has 0 spiro atoms. The van der Waals surface area contributed by atoms with Crippen molar-refractivity contribution in [3.63, 3.8) is 0 Å². The van der Waals surface area contributed by atoms with Crippen LogP contribution in [0.3, 0.4) is 0 Å². The summed E-state index contributed by atoms with van der Waals surface area (Å²) in [6, 6.07) is 7.17. The summed E-state index contributed by atoms with van der Waals surface area (Å²) in [6.07, 6.45) is 5.91. The first-order valence-corrected chi connectivity index (χ1v) is 11.8. The molecule has 1 aliphatic carbocycles. The molecule has 1 aliphatic rings. The summed E-state index contributed by atoms with van der Waals surface area (Å²) in [5, 5.41) is 8.45. The lowest BCUT2D eigenvalue weighted by atomic mass is 9.99. The third-order valence-corrected chi connectivity index (χ3v) is 6.47. The van der Waals surface area contributed by atoms with E-state index < -0.39 is 5.97 Å². The number of methoxy groups -OCH3 is 1. The summed E-state index contributed by atoms with van der Waals surface area (Å²) in [5.74, 6) is -0.0940. The molecular formula is C26H25ClN4O4. The lowest BCUT2D eigenvalue weighted by Gasteiger charge is -2.19. The number of anilines is 1. The predicted octanol–water partition coefficient (Wildman–Crippen LogP) is 5.62. The Morgan fingerprint density at radius 3 is 2.77 bits per heavy atom. The van der Waals surface area contributed by atoms with Crippen molar-refractivity contribution in [2.24, 2.45) is 0 Å². The molecule has 3 aromatic heterocycles. The number of hydrogen-bond acceptors (Lipinski definition) is 7. The number of aromatic nitrogens is 3. The predicted molar refractivity (Wildman–Crippen MR) is 134 cm³/mol. The number of carbonyl (C=O) groups is 1.